The van der Waals surface area contributed by atoms with E-state index in [2.05, 4.69) is 5.32 Å². The lowest BCUT2D eigenvalue weighted by Crippen LogP contribution is -2.24. The predicted molar refractivity (Wildman–Crippen MR) is 65.5 cm³/mol. The second kappa shape index (κ2) is 5.08. The third-order valence-electron chi connectivity index (χ3n) is 2.96. The highest BCUT2D eigenvalue weighted by atomic mass is 16.5. The molecule has 1 aliphatic heterocycles. The molecule has 1 aromatic rings. The summed E-state index contributed by atoms with van der Waals surface area (Å²) in [7, 11) is 1.63. The molecule has 92 valence electrons. The number of hydrogen-bond acceptors (Lipinski definition) is 4. The topological polar surface area (TPSA) is 47.6 Å². The van der Waals surface area contributed by atoms with Gasteiger partial charge in [0.2, 0.25) is 0 Å². The fourth-order valence-electron chi connectivity index (χ4n) is 2.11. The quantitative estimate of drug-likeness (QED) is 0.815. The molecule has 0 spiro atoms. The molecular formula is C13H17NO3. The van der Waals surface area contributed by atoms with Gasteiger partial charge in [0.25, 0.3) is 0 Å². The molecule has 17 heavy (non-hydrogen) atoms. The zero-order valence-corrected chi connectivity index (χ0v) is 10.2. The molecule has 1 atom stereocenters. The molecule has 0 aliphatic carbocycles. The molecule has 0 radical (unpaired) electrons. The molecular weight excluding hydrogens is 218 g/mol. The van der Waals surface area contributed by atoms with Crippen molar-refractivity contribution in [2.75, 3.05) is 25.6 Å². The van der Waals surface area contributed by atoms with Gasteiger partial charge in [-0.1, -0.05) is 6.07 Å². The number of ether oxygens (including phenoxy) is 2. The average molecular weight is 235 g/mol. The van der Waals surface area contributed by atoms with Gasteiger partial charge in [0.1, 0.15) is 5.75 Å². The number of hydrogen-bond donors (Lipinski definition) is 1. The van der Waals surface area contributed by atoms with Crippen LogP contribution in [0.2, 0.25) is 0 Å². The van der Waals surface area contributed by atoms with E-state index >= 15 is 0 Å². The van der Waals surface area contributed by atoms with Crippen LogP contribution in [0.5, 0.6) is 5.75 Å². The molecule has 1 aromatic carbocycles. The average Bonchev–Trinajstić information content (AvgIpc) is 2.37. The molecule has 0 bridgehead atoms. The van der Waals surface area contributed by atoms with Crippen molar-refractivity contribution in [3.05, 3.63) is 23.8 Å². The maximum absolute atomic E-state index is 11.8. The van der Waals surface area contributed by atoms with Crippen molar-refractivity contribution in [2.45, 2.75) is 19.3 Å². The molecule has 1 aliphatic rings. The third-order valence-corrected chi connectivity index (χ3v) is 2.96. The highest BCUT2D eigenvalue weighted by Gasteiger charge is 2.27. The fraction of sp³-hybridized carbons (Fsp3) is 0.462. The molecule has 0 fully saturated rings. The first-order valence-corrected chi connectivity index (χ1v) is 5.84. The summed E-state index contributed by atoms with van der Waals surface area (Å²) in [6.07, 6.45) is 0.776. The summed E-state index contributed by atoms with van der Waals surface area (Å²) in [5.74, 6) is 0.498. The Morgan fingerprint density at radius 1 is 1.53 bits per heavy atom. The molecule has 0 saturated carbocycles. The first kappa shape index (κ1) is 11.8. The van der Waals surface area contributed by atoms with Crippen LogP contribution in [0, 0.1) is 0 Å². The van der Waals surface area contributed by atoms with E-state index in [1.165, 1.54) is 0 Å². The Bertz CT molecular complexity index is 417. The Hall–Kier alpha value is -1.71. The van der Waals surface area contributed by atoms with Gasteiger partial charge in [-0.3, -0.25) is 4.79 Å². The van der Waals surface area contributed by atoms with Gasteiger partial charge in [0.15, 0.2) is 0 Å². The number of esters is 1. The first-order valence-electron chi connectivity index (χ1n) is 5.84. The molecule has 0 saturated heterocycles. The smallest absolute Gasteiger partial charge is 0.313 e. The predicted octanol–water partition coefficient (Wildman–Crippen LogP) is 2.16. The Morgan fingerprint density at radius 2 is 2.35 bits per heavy atom. The second-order valence-corrected chi connectivity index (χ2v) is 3.97. The van der Waals surface area contributed by atoms with E-state index in [0.29, 0.717) is 6.61 Å². The zero-order chi connectivity index (χ0) is 12.3. The summed E-state index contributed by atoms with van der Waals surface area (Å²) < 4.78 is 10.3. The van der Waals surface area contributed by atoms with Crippen LogP contribution < -0.4 is 10.1 Å². The Balaban J connectivity index is 2.28. The van der Waals surface area contributed by atoms with Crippen LogP contribution in [-0.2, 0) is 9.53 Å². The third kappa shape index (κ3) is 2.35. The van der Waals surface area contributed by atoms with Gasteiger partial charge in [-0.15, -0.1) is 0 Å². The first-order chi connectivity index (χ1) is 8.26. The normalized spacial score (nSPS) is 17.9. The van der Waals surface area contributed by atoms with Gasteiger partial charge in [-0.25, -0.2) is 0 Å². The van der Waals surface area contributed by atoms with Crippen molar-refractivity contribution in [2.24, 2.45) is 0 Å². The van der Waals surface area contributed by atoms with E-state index < -0.39 is 0 Å². The maximum Gasteiger partial charge on any atom is 0.313 e. The molecule has 1 unspecified atom stereocenters. The molecule has 4 heteroatoms. The van der Waals surface area contributed by atoms with Crippen LogP contribution >= 0.6 is 0 Å². The summed E-state index contributed by atoms with van der Waals surface area (Å²) in [6.45, 7) is 3.03. The van der Waals surface area contributed by atoms with Gasteiger partial charge in [-0.05, 0) is 25.0 Å². The number of nitrogens with one attached hydrogen (secondary N) is 1. The summed E-state index contributed by atoms with van der Waals surface area (Å²) in [4.78, 5) is 11.8. The lowest BCUT2D eigenvalue weighted by molar-refractivity contribution is -0.145. The number of anilines is 1. The van der Waals surface area contributed by atoms with Gasteiger partial charge in [-0.2, -0.15) is 0 Å². The molecule has 0 amide bonds. The molecule has 2 rings (SSSR count). The maximum atomic E-state index is 11.8. The van der Waals surface area contributed by atoms with Crippen molar-refractivity contribution in [1.29, 1.82) is 0 Å². The Kier molecular flexibility index (Phi) is 3.52. The Labute approximate surface area is 101 Å². The minimum Gasteiger partial charge on any atom is -0.497 e. The van der Waals surface area contributed by atoms with E-state index in [4.69, 9.17) is 9.47 Å². The van der Waals surface area contributed by atoms with E-state index in [1.54, 1.807) is 7.11 Å². The standard InChI is InChI=1S/C13H17NO3/c1-3-17-13(15)11-6-7-14-12-8-9(16-2)4-5-10(11)12/h4-5,8,11,14H,3,6-7H2,1-2H3. The molecule has 1 heterocycles. The zero-order valence-electron chi connectivity index (χ0n) is 10.2. The van der Waals surface area contributed by atoms with Crippen LogP contribution in [-0.4, -0.2) is 26.2 Å². The van der Waals surface area contributed by atoms with Crippen molar-refractivity contribution in [3.8, 4) is 5.75 Å². The SMILES string of the molecule is CCOC(=O)C1CCNc2cc(OC)ccc21. The highest BCUT2D eigenvalue weighted by Crippen LogP contribution is 2.34. The van der Waals surface area contributed by atoms with Crippen molar-refractivity contribution in [1.82, 2.24) is 0 Å². The van der Waals surface area contributed by atoms with Crippen LogP contribution in [0.1, 0.15) is 24.8 Å². The minimum atomic E-state index is -0.155. The van der Waals surface area contributed by atoms with Crippen molar-refractivity contribution in [3.63, 3.8) is 0 Å². The second-order valence-electron chi connectivity index (χ2n) is 3.97. The lowest BCUT2D eigenvalue weighted by Gasteiger charge is -2.25. The summed E-state index contributed by atoms with van der Waals surface area (Å²) in [5.41, 5.74) is 1.96. The van der Waals surface area contributed by atoms with Gasteiger partial charge < -0.3 is 14.8 Å². The van der Waals surface area contributed by atoms with Crippen LogP contribution in [0.3, 0.4) is 0 Å². The highest BCUT2D eigenvalue weighted by molar-refractivity contribution is 5.82. The van der Waals surface area contributed by atoms with Crippen LogP contribution in [0.4, 0.5) is 5.69 Å². The van der Waals surface area contributed by atoms with Crippen LogP contribution in [0.15, 0.2) is 18.2 Å². The minimum absolute atomic E-state index is 0.139. The number of methoxy groups -OCH3 is 1. The molecule has 0 aromatic heterocycles. The van der Waals surface area contributed by atoms with Crippen LogP contribution in [0.25, 0.3) is 0 Å². The summed E-state index contributed by atoms with van der Waals surface area (Å²) in [6, 6.07) is 5.72. The summed E-state index contributed by atoms with van der Waals surface area (Å²) >= 11 is 0. The monoisotopic (exact) mass is 235 g/mol. The number of fused-ring (bicyclic) bond motifs is 1. The van der Waals surface area contributed by atoms with Crippen molar-refractivity contribution < 1.29 is 14.3 Å². The van der Waals surface area contributed by atoms with Gasteiger partial charge >= 0.3 is 5.97 Å². The lowest BCUT2D eigenvalue weighted by atomic mass is 9.91. The Morgan fingerprint density at radius 3 is 3.06 bits per heavy atom. The number of carbonyl (C=O) groups is 1. The number of benzene rings is 1. The van der Waals surface area contributed by atoms with E-state index in [0.717, 1.165) is 30.0 Å². The van der Waals surface area contributed by atoms with E-state index in [1.807, 2.05) is 25.1 Å². The largest absolute Gasteiger partial charge is 0.497 e. The number of rotatable bonds is 3. The molecule has 4 nitrogen and oxygen atoms in total. The number of carbonyl (C=O) groups excluding carboxylic acids is 1. The fourth-order valence-corrected chi connectivity index (χ4v) is 2.11. The summed E-state index contributed by atoms with van der Waals surface area (Å²) in [5, 5.41) is 3.28. The van der Waals surface area contributed by atoms with E-state index in [-0.39, 0.29) is 11.9 Å². The van der Waals surface area contributed by atoms with Crippen molar-refractivity contribution >= 4 is 11.7 Å². The molecule has 1 N–H and O–H groups in total. The van der Waals surface area contributed by atoms with Gasteiger partial charge in [0.05, 0.1) is 19.6 Å². The van der Waals surface area contributed by atoms with Gasteiger partial charge in [0, 0.05) is 18.3 Å². The van der Waals surface area contributed by atoms with E-state index in [9.17, 15) is 4.79 Å².